The van der Waals surface area contributed by atoms with Gasteiger partial charge in [-0.1, -0.05) is 5.16 Å². The molecule has 0 aromatic carbocycles. The fourth-order valence-corrected chi connectivity index (χ4v) is 2.49. The lowest BCUT2D eigenvalue weighted by Crippen LogP contribution is -2.35. The van der Waals surface area contributed by atoms with Crippen molar-refractivity contribution >= 4 is 11.5 Å². The molecule has 1 aliphatic rings. The van der Waals surface area contributed by atoms with Crippen LogP contribution in [0.15, 0.2) is 23.5 Å². The third-order valence-corrected chi connectivity index (χ3v) is 3.54. The molecule has 2 rings (SSSR count). The van der Waals surface area contributed by atoms with Gasteiger partial charge in [0.25, 0.3) is 0 Å². The number of rotatable bonds is 4. The molecule has 1 saturated heterocycles. The van der Waals surface area contributed by atoms with Gasteiger partial charge in [-0.15, -0.1) is 0 Å². The number of nitrogens with zero attached hydrogens (tertiary/aromatic N) is 3. The van der Waals surface area contributed by atoms with Crippen molar-refractivity contribution in [3.8, 4) is 0 Å². The zero-order valence-electron chi connectivity index (χ0n) is 10.9. The van der Waals surface area contributed by atoms with E-state index >= 15 is 0 Å². The van der Waals surface area contributed by atoms with E-state index in [2.05, 4.69) is 15.0 Å². The number of hydrogen-bond donors (Lipinski definition) is 3. The van der Waals surface area contributed by atoms with E-state index in [0.29, 0.717) is 11.6 Å². The highest BCUT2D eigenvalue weighted by Gasteiger charge is 2.19. The van der Waals surface area contributed by atoms with Crippen LogP contribution >= 0.6 is 0 Å². The minimum Gasteiger partial charge on any atom is -0.409 e. The van der Waals surface area contributed by atoms with Crippen molar-refractivity contribution in [1.82, 2.24) is 4.98 Å². The first-order valence-electron chi connectivity index (χ1n) is 6.54. The Labute approximate surface area is 112 Å². The Balaban J connectivity index is 2.05. The Morgan fingerprint density at radius 1 is 1.53 bits per heavy atom. The molecule has 0 aliphatic carbocycles. The molecule has 0 spiro atoms. The SMILES string of the molecule is N/C(=N/O)c1ccc(N2CCCC(CCO)C2)cn1. The summed E-state index contributed by atoms with van der Waals surface area (Å²) >= 11 is 0. The summed E-state index contributed by atoms with van der Waals surface area (Å²) in [5.41, 5.74) is 6.99. The Morgan fingerprint density at radius 3 is 3.00 bits per heavy atom. The third kappa shape index (κ3) is 3.35. The second-order valence-corrected chi connectivity index (χ2v) is 4.85. The van der Waals surface area contributed by atoms with Crippen molar-refractivity contribution in [1.29, 1.82) is 0 Å². The molecule has 6 heteroatoms. The number of aliphatic hydroxyl groups excluding tert-OH is 1. The van der Waals surface area contributed by atoms with Gasteiger partial charge in [0.05, 0.1) is 11.9 Å². The van der Waals surface area contributed by atoms with E-state index < -0.39 is 0 Å². The van der Waals surface area contributed by atoms with Gasteiger partial charge in [-0.25, -0.2) is 0 Å². The molecule has 6 nitrogen and oxygen atoms in total. The van der Waals surface area contributed by atoms with Crippen LogP contribution in [0.3, 0.4) is 0 Å². The maximum absolute atomic E-state index is 9.02. The highest BCUT2D eigenvalue weighted by atomic mass is 16.4. The number of nitrogens with two attached hydrogens (primary N) is 1. The van der Waals surface area contributed by atoms with Gasteiger partial charge in [0.2, 0.25) is 0 Å². The Bertz CT molecular complexity index is 431. The molecule has 2 heterocycles. The quantitative estimate of drug-likeness (QED) is 0.323. The van der Waals surface area contributed by atoms with Crippen molar-refractivity contribution in [2.45, 2.75) is 19.3 Å². The predicted octanol–water partition coefficient (Wildman–Crippen LogP) is 0.775. The topological polar surface area (TPSA) is 95.0 Å². The maximum Gasteiger partial charge on any atom is 0.188 e. The number of pyridine rings is 1. The van der Waals surface area contributed by atoms with Crippen molar-refractivity contribution < 1.29 is 10.3 Å². The van der Waals surface area contributed by atoms with E-state index in [-0.39, 0.29) is 12.4 Å². The van der Waals surface area contributed by atoms with Gasteiger partial charge in [0.1, 0.15) is 5.69 Å². The lowest BCUT2D eigenvalue weighted by Gasteiger charge is -2.34. The Kier molecular flexibility index (Phi) is 4.57. The molecule has 1 aliphatic heterocycles. The molecule has 1 fully saturated rings. The van der Waals surface area contributed by atoms with E-state index in [1.54, 1.807) is 12.3 Å². The molecular formula is C13H20N4O2. The van der Waals surface area contributed by atoms with Crippen molar-refractivity contribution in [2.75, 3.05) is 24.6 Å². The molecule has 0 saturated carbocycles. The van der Waals surface area contributed by atoms with Crippen LogP contribution in [-0.2, 0) is 0 Å². The minimum absolute atomic E-state index is 0.0170. The van der Waals surface area contributed by atoms with Gasteiger partial charge >= 0.3 is 0 Å². The first kappa shape index (κ1) is 13.6. The van der Waals surface area contributed by atoms with Crippen LogP contribution in [0, 0.1) is 5.92 Å². The highest BCUT2D eigenvalue weighted by Crippen LogP contribution is 2.24. The molecule has 0 amide bonds. The predicted molar refractivity (Wildman–Crippen MR) is 73.4 cm³/mol. The summed E-state index contributed by atoms with van der Waals surface area (Å²) in [6.07, 6.45) is 4.90. The summed E-state index contributed by atoms with van der Waals surface area (Å²) in [5.74, 6) is 0.561. The standard InChI is InChI=1S/C13H20N4O2/c14-13(16-19)12-4-3-11(8-15-12)17-6-1-2-10(9-17)5-7-18/h3-4,8,10,18-19H,1-2,5-7,9H2,(H2,14,16). The van der Waals surface area contributed by atoms with Crippen LogP contribution in [0.2, 0.25) is 0 Å². The molecule has 0 bridgehead atoms. The summed E-state index contributed by atoms with van der Waals surface area (Å²) in [6.45, 7) is 2.21. The van der Waals surface area contributed by atoms with E-state index in [4.69, 9.17) is 16.0 Å². The molecule has 1 atom stereocenters. The van der Waals surface area contributed by atoms with Gasteiger partial charge in [-0.05, 0) is 37.3 Å². The first-order chi connectivity index (χ1) is 9.24. The summed E-state index contributed by atoms with van der Waals surface area (Å²) < 4.78 is 0. The Morgan fingerprint density at radius 2 is 2.37 bits per heavy atom. The van der Waals surface area contributed by atoms with Crippen molar-refractivity contribution in [2.24, 2.45) is 16.8 Å². The number of piperidine rings is 1. The first-order valence-corrected chi connectivity index (χ1v) is 6.54. The van der Waals surface area contributed by atoms with Gasteiger partial charge in [0, 0.05) is 19.7 Å². The normalized spacial score (nSPS) is 20.6. The van der Waals surface area contributed by atoms with Crippen LogP contribution in [-0.4, -0.2) is 40.8 Å². The van der Waals surface area contributed by atoms with Gasteiger partial charge in [-0.3, -0.25) is 4.98 Å². The number of aliphatic hydroxyl groups is 1. The zero-order chi connectivity index (χ0) is 13.7. The molecule has 19 heavy (non-hydrogen) atoms. The van der Waals surface area contributed by atoms with Crippen molar-refractivity contribution in [3.63, 3.8) is 0 Å². The summed E-state index contributed by atoms with van der Waals surface area (Å²) in [7, 11) is 0. The minimum atomic E-state index is 0.0170. The summed E-state index contributed by atoms with van der Waals surface area (Å²) in [4.78, 5) is 6.46. The lowest BCUT2D eigenvalue weighted by atomic mass is 9.95. The second kappa shape index (κ2) is 6.38. The Hall–Kier alpha value is -1.82. The second-order valence-electron chi connectivity index (χ2n) is 4.85. The third-order valence-electron chi connectivity index (χ3n) is 3.54. The zero-order valence-corrected chi connectivity index (χ0v) is 10.9. The average molecular weight is 264 g/mol. The molecular weight excluding hydrogens is 244 g/mol. The molecule has 4 N–H and O–H groups in total. The smallest absolute Gasteiger partial charge is 0.188 e. The van der Waals surface area contributed by atoms with E-state index in [9.17, 15) is 0 Å². The molecule has 0 radical (unpaired) electrons. The molecule has 1 aromatic heterocycles. The fraction of sp³-hybridized carbons (Fsp3) is 0.538. The van der Waals surface area contributed by atoms with Crippen LogP contribution in [0.4, 0.5) is 5.69 Å². The van der Waals surface area contributed by atoms with Gasteiger partial charge < -0.3 is 20.9 Å². The summed E-state index contributed by atoms with van der Waals surface area (Å²) in [5, 5.41) is 20.5. The number of oxime groups is 1. The van der Waals surface area contributed by atoms with E-state index in [1.807, 2.05) is 6.07 Å². The summed E-state index contributed by atoms with van der Waals surface area (Å²) in [6, 6.07) is 3.68. The number of hydrogen-bond acceptors (Lipinski definition) is 5. The van der Waals surface area contributed by atoms with E-state index in [1.165, 1.54) is 6.42 Å². The van der Waals surface area contributed by atoms with Crippen LogP contribution < -0.4 is 10.6 Å². The van der Waals surface area contributed by atoms with Crippen LogP contribution in [0.5, 0.6) is 0 Å². The number of aromatic nitrogens is 1. The van der Waals surface area contributed by atoms with Crippen LogP contribution in [0.1, 0.15) is 25.0 Å². The van der Waals surface area contributed by atoms with Gasteiger partial charge in [0.15, 0.2) is 5.84 Å². The highest BCUT2D eigenvalue weighted by molar-refractivity contribution is 5.95. The average Bonchev–Trinajstić information content (AvgIpc) is 2.47. The number of amidine groups is 1. The molecule has 104 valence electrons. The van der Waals surface area contributed by atoms with Crippen LogP contribution in [0.25, 0.3) is 0 Å². The monoisotopic (exact) mass is 264 g/mol. The van der Waals surface area contributed by atoms with E-state index in [0.717, 1.165) is 31.6 Å². The van der Waals surface area contributed by atoms with Gasteiger partial charge in [-0.2, -0.15) is 0 Å². The maximum atomic E-state index is 9.02. The number of anilines is 1. The largest absolute Gasteiger partial charge is 0.409 e. The molecule has 1 unspecified atom stereocenters. The lowest BCUT2D eigenvalue weighted by molar-refractivity contribution is 0.244. The molecule has 1 aromatic rings. The fourth-order valence-electron chi connectivity index (χ4n) is 2.49. The van der Waals surface area contributed by atoms with Crippen molar-refractivity contribution in [3.05, 3.63) is 24.0 Å².